The van der Waals surface area contributed by atoms with Gasteiger partial charge in [-0.2, -0.15) is 13.2 Å². The summed E-state index contributed by atoms with van der Waals surface area (Å²) in [6.07, 6.45) is -0.808. The van der Waals surface area contributed by atoms with Crippen LogP contribution in [0.25, 0.3) is 0 Å². The Morgan fingerprint density at radius 3 is 2.57 bits per heavy atom. The molecule has 1 aromatic carbocycles. The summed E-state index contributed by atoms with van der Waals surface area (Å²) < 4.78 is 38.3. The molecule has 1 heterocycles. The van der Waals surface area contributed by atoms with Gasteiger partial charge in [-0.25, -0.2) is 0 Å². The number of hydrogen-bond donors (Lipinski definition) is 2. The number of para-hydroxylation sites is 1. The van der Waals surface area contributed by atoms with Crippen LogP contribution in [0.1, 0.15) is 44.1 Å². The fraction of sp³-hybridized carbons (Fsp3) is 0.619. The quantitative estimate of drug-likeness (QED) is 0.255. The van der Waals surface area contributed by atoms with Crippen molar-refractivity contribution in [2.24, 2.45) is 10.9 Å². The highest BCUT2D eigenvalue weighted by Gasteiger charge is 2.41. The van der Waals surface area contributed by atoms with Crippen molar-refractivity contribution in [1.29, 1.82) is 0 Å². The van der Waals surface area contributed by atoms with Gasteiger partial charge in [0.1, 0.15) is 0 Å². The average molecular weight is 538 g/mol. The van der Waals surface area contributed by atoms with E-state index in [1.807, 2.05) is 23.1 Å². The van der Waals surface area contributed by atoms with Crippen LogP contribution < -0.4 is 15.5 Å². The first-order valence-corrected chi connectivity index (χ1v) is 10.3. The predicted octanol–water partition coefficient (Wildman–Crippen LogP) is 4.26. The van der Waals surface area contributed by atoms with E-state index in [0.717, 1.165) is 18.7 Å². The Morgan fingerprint density at radius 2 is 1.90 bits per heavy atom. The molecule has 2 N–H and O–H groups in total. The first kappa shape index (κ1) is 24.7. The number of amides is 1. The zero-order valence-electron chi connectivity index (χ0n) is 17.2. The average Bonchev–Trinajstić information content (AvgIpc) is 3.14. The molecule has 0 radical (unpaired) electrons. The Balaban J connectivity index is 0.00000320. The van der Waals surface area contributed by atoms with Crippen molar-refractivity contribution in [1.82, 2.24) is 10.6 Å². The number of anilines is 1. The SMILES string of the molecule is CN=C(NCCCC(=O)N1CCc2ccccc21)NC1CCC(C(F)(F)F)CC1.I. The maximum Gasteiger partial charge on any atom is 0.391 e. The summed E-state index contributed by atoms with van der Waals surface area (Å²) in [5, 5.41) is 6.38. The third kappa shape index (κ3) is 6.49. The van der Waals surface area contributed by atoms with Crippen LogP contribution >= 0.6 is 24.0 Å². The minimum absolute atomic E-state index is 0. The van der Waals surface area contributed by atoms with Gasteiger partial charge in [0.25, 0.3) is 0 Å². The number of alkyl halides is 3. The predicted molar refractivity (Wildman–Crippen MR) is 123 cm³/mol. The lowest BCUT2D eigenvalue weighted by Gasteiger charge is -2.31. The summed E-state index contributed by atoms with van der Waals surface area (Å²) in [5.41, 5.74) is 2.22. The molecule has 168 valence electrons. The van der Waals surface area contributed by atoms with Gasteiger partial charge in [-0.15, -0.1) is 24.0 Å². The van der Waals surface area contributed by atoms with Gasteiger partial charge < -0.3 is 15.5 Å². The van der Waals surface area contributed by atoms with Crippen LogP contribution in [0, 0.1) is 5.92 Å². The number of nitrogens with zero attached hydrogens (tertiary/aromatic N) is 2. The van der Waals surface area contributed by atoms with Gasteiger partial charge in [-0.1, -0.05) is 18.2 Å². The molecule has 2 aliphatic rings. The molecule has 0 spiro atoms. The number of guanidine groups is 1. The highest BCUT2D eigenvalue weighted by molar-refractivity contribution is 14.0. The van der Waals surface area contributed by atoms with Crippen LogP contribution in [-0.4, -0.2) is 44.2 Å². The minimum Gasteiger partial charge on any atom is -0.356 e. The Morgan fingerprint density at radius 1 is 1.20 bits per heavy atom. The van der Waals surface area contributed by atoms with E-state index in [1.54, 1.807) is 7.05 Å². The van der Waals surface area contributed by atoms with Crippen LogP contribution in [-0.2, 0) is 11.2 Å². The fourth-order valence-electron chi connectivity index (χ4n) is 4.13. The smallest absolute Gasteiger partial charge is 0.356 e. The molecule has 0 aromatic heterocycles. The third-order valence-corrected chi connectivity index (χ3v) is 5.80. The summed E-state index contributed by atoms with van der Waals surface area (Å²) in [5.74, 6) is -0.484. The zero-order chi connectivity index (χ0) is 20.9. The molecule has 1 aliphatic heterocycles. The van der Waals surface area contributed by atoms with E-state index in [-0.39, 0.29) is 48.8 Å². The van der Waals surface area contributed by atoms with Gasteiger partial charge in [0.05, 0.1) is 5.92 Å². The monoisotopic (exact) mass is 538 g/mol. The van der Waals surface area contributed by atoms with Gasteiger partial charge in [-0.05, 0) is 50.2 Å². The first-order chi connectivity index (χ1) is 13.9. The summed E-state index contributed by atoms with van der Waals surface area (Å²) in [6.45, 7) is 1.31. The maximum atomic E-state index is 12.8. The van der Waals surface area contributed by atoms with E-state index in [1.165, 1.54) is 5.56 Å². The van der Waals surface area contributed by atoms with Crippen molar-refractivity contribution in [3.8, 4) is 0 Å². The van der Waals surface area contributed by atoms with Gasteiger partial charge in [0.15, 0.2) is 5.96 Å². The molecule has 1 saturated carbocycles. The maximum absolute atomic E-state index is 12.8. The standard InChI is InChI=1S/C21H29F3N4O.HI/c1-25-20(27-17-10-8-16(9-11-17)21(22,23)24)26-13-4-7-19(29)28-14-12-15-5-2-3-6-18(15)28;/h2-3,5-6,16-17H,4,7-14H2,1H3,(H2,25,26,27);1H. The van der Waals surface area contributed by atoms with E-state index < -0.39 is 12.1 Å². The molecule has 1 fully saturated rings. The molecule has 0 saturated heterocycles. The summed E-state index contributed by atoms with van der Waals surface area (Å²) in [4.78, 5) is 18.5. The fourth-order valence-corrected chi connectivity index (χ4v) is 4.13. The van der Waals surface area contributed by atoms with Crippen molar-refractivity contribution < 1.29 is 18.0 Å². The number of benzene rings is 1. The van der Waals surface area contributed by atoms with Crippen molar-refractivity contribution in [2.45, 2.75) is 57.2 Å². The lowest BCUT2D eigenvalue weighted by Crippen LogP contribution is -2.46. The summed E-state index contributed by atoms with van der Waals surface area (Å²) in [6, 6.07) is 7.98. The highest BCUT2D eigenvalue weighted by atomic mass is 127. The largest absolute Gasteiger partial charge is 0.391 e. The second kappa shape index (κ2) is 11.2. The molecule has 1 amide bonds. The van der Waals surface area contributed by atoms with Crippen molar-refractivity contribution in [3.63, 3.8) is 0 Å². The van der Waals surface area contributed by atoms with Gasteiger partial charge in [0.2, 0.25) is 5.91 Å². The molecule has 0 bridgehead atoms. The lowest BCUT2D eigenvalue weighted by molar-refractivity contribution is -0.182. The van der Waals surface area contributed by atoms with Crippen LogP contribution in [0.3, 0.4) is 0 Å². The van der Waals surface area contributed by atoms with E-state index in [2.05, 4.69) is 21.7 Å². The second-order valence-corrected chi connectivity index (χ2v) is 7.76. The molecule has 1 aromatic rings. The van der Waals surface area contributed by atoms with Crippen LogP contribution in [0.4, 0.5) is 18.9 Å². The Labute approximate surface area is 192 Å². The van der Waals surface area contributed by atoms with E-state index in [4.69, 9.17) is 0 Å². The highest BCUT2D eigenvalue weighted by Crippen LogP contribution is 2.37. The van der Waals surface area contributed by atoms with Crippen LogP contribution in [0.15, 0.2) is 29.3 Å². The summed E-state index contributed by atoms with van der Waals surface area (Å²) in [7, 11) is 1.64. The number of carbonyl (C=O) groups is 1. The topological polar surface area (TPSA) is 56.7 Å². The van der Waals surface area contributed by atoms with Crippen molar-refractivity contribution >= 4 is 41.5 Å². The Hall–Kier alpha value is -1.52. The molecular weight excluding hydrogens is 508 g/mol. The van der Waals surface area contributed by atoms with Crippen molar-refractivity contribution in [2.75, 3.05) is 25.0 Å². The molecule has 5 nitrogen and oxygen atoms in total. The molecule has 0 unspecified atom stereocenters. The van der Waals surface area contributed by atoms with Crippen molar-refractivity contribution in [3.05, 3.63) is 29.8 Å². The van der Waals surface area contributed by atoms with E-state index in [9.17, 15) is 18.0 Å². The molecule has 9 heteroatoms. The number of fused-ring (bicyclic) bond motifs is 1. The number of aliphatic imine (C=N–C) groups is 1. The molecule has 1 aliphatic carbocycles. The molecule has 3 rings (SSSR count). The van der Waals surface area contributed by atoms with E-state index >= 15 is 0 Å². The zero-order valence-corrected chi connectivity index (χ0v) is 19.5. The minimum atomic E-state index is -4.09. The molecule has 0 atom stereocenters. The third-order valence-electron chi connectivity index (χ3n) is 5.80. The van der Waals surface area contributed by atoms with Crippen LogP contribution in [0.2, 0.25) is 0 Å². The number of rotatable bonds is 5. The Kier molecular flexibility index (Phi) is 9.24. The first-order valence-electron chi connectivity index (χ1n) is 10.3. The normalized spacial score (nSPS) is 21.6. The number of hydrogen-bond acceptors (Lipinski definition) is 2. The molecular formula is C21H30F3IN4O. The Bertz CT molecular complexity index is 733. The van der Waals surface area contributed by atoms with E-state index in [0.29, 0.717) is 38.2 Å². The number of carbonyl (C=O) groups excluding carboxylic acids is 1. The van der Waals surface area contributed by atoms with Gasteiger partial charge >= 0.3 is 6.18 Å². The molecule has 30 heavy (non-hydrogen) atoms. The van der Waals surface area contributed by atoms with Gasteiger partial charge in [0, 0.05) is 38.3 Å². The second-order valence-electron chi connectivity index (χ2n) is 7.76. The van der Waals surface area contributed by atoms with Crippen LogP contribution in [0.5, 0.6) is 0 Å². The number of nitrogens with one attached hydrogen (secondary N) is 2. The summed E-state index contributed by atoms with van der Waals surface area (Å²) >= 11 is 0. The lowest BCUT2D eigenvalue weighted by atomic mass is 9.85. The number of halogens is 4. The van der Waals surface area contributed by atoms with Gasteiger partial charge in [-0.3, -0.25) is 9.79 Å².